The second kappa shape index (κ2) is 9.69. The molecule has 0 aliphatic carbocycles. The summed E-state index contributed by atoms with van der Waals surface area (Å²) in [5.74, 6) is -1.24. The summed E-state index contributed by atoms with van der Waals surface area (Å²) >= 11 is 0. The van der Waals surface area contributed by atoms with Gasteiger partial charge in [-0.25, -0.2) is 4.79 Å². The van der Waals surface area contributed by atoms with E-state index in [1.54, 1.807) is 36.5 Å². The highest BCUT2D eigenvalue weighted by molar-refractivity contribution is 6.38. The average Bonchev–Trinajstić information content (AvgIpc) is 3.14. The number of pyridine rings is 1. The van der Waals surface area contributed by atoms with Gasteiger partial charge < -0.3 is 20.1 Å². The van der Waals surface area contributed by atoms with Crippen molar-refractivity contribution in [1.82, 2.24) is 9.88 Å². The van der Waals surface area contributed by atoms with Crippen LogP contribution >= 0.6 is 0 Å². The number of carboxylic acids is 1. The molecule has 178 valence electrons. The van der Waals surface area contributed by atoms with Gasteiger partial charge >= 0.3 is 5.97 Å². The van der Waals surface area contributed by atoms with Crippen molar-refractivity contribution in [3.05, 3.63) is 89.2 Å². The van der Waals surface area contributed by atoms with Crippen molar-refractivity contribution in [2.45, 2.75) is 6.54 Å². The van der Waals surface area contributed by atoms with Crippen LogP contribution in [0.4, 0.5) is 11.4 Å². The van der Waals surface area contributed by atoms with Gasteiger partial charge in [0.25, 0.3) is 5.91 Å². The first-order valence-corrected chi connectivity index (χ1v) is 11.5. The molecule has 1 aromatic heterocycles. The van der Waals surface area contributed by atoms with E-state index in [0.717, 1.165) is 44.1 Å². The van der Waals surface area contributed by atoms with Crippen molar-refractivity contribution in [2.75, 3.05) is 43.6 Å². The van der Waals surface area contributed by atoms with Gasteiger partial charge in [-0.15, -0.1) is 0 Å². The Morgan fingerprint density at radius 1 is 1.03 bits per heavy atom. The van der Waals surface area contributed by atoms with Crippen LogP contribution in [0.1, 0.15) is 27.0 Å². The Kier molecular flexibility index (Phi) is 6.31. The smallest absolute Gasteiger partial charge is 0.335 e. The fourth-order valence-electron chi connectivity index (χ4n) is 4.45. The van der Waals surface area contributed by atoms with Gasteiger partial charge in [-0.2, -0.15) is 0 Å². The molecular formula is C27H26N4O4. The lowest BCUT2D eigenvalue weighted by Gasteiger charge is -2.26. The zero-order valence-corrected chi connectivity index (χ0v) is 19.4. The summed E-state index contributed by atoms with van der Waals surface area (Å²) in [7, 11) is 1.69. The minimum absolute atomic E-state index is 0.130. The average molecular weight is 471 g/mol. The fourth-order valence-corrected chi connectivity index (χ4v) is 4.45. The van der Waals surface area contributed by atoms with Gasteiger partial charge in [-0.1, -0.05) is 12.1 Å². The molecule has 2 N–H and O–H groups in total. The molecule has 0 spiro atoms. The first-order valence-electron chi connectivity index (χ1n) is 11.5. The molecule has 2 aliphatic rings. The third-order valence-corrected chi connectivity index (χ3v) is 6.34. The SMILES string of the molecule is CN1C(=O)C(=C(Nc2ccc(CN3CCOCC3)cc2)c2ccncc2)c2cc(C(=O)O)ccc21. The summed E-state index contributed by atoms with van der Waals surface area (Å²) in [5.41, 5.74) is 5.22. The van der Waals surface area contributed by atoms with E-state index in [2.05, 4.69) is 27.3 Å². The van der Waals surface area contributed by atoms with Gasteiger partial charge in [0, 0.05) is 55.9 Å². The number of fused-ring (bicyclic) bond motifs is 1. The van der Waals surface area contributed by atoms with Crippen molar-refractivity contribution >= 4 is 34.5 Å². The number of nitrogens with zero attached hydrogens (tertiary/aromatic N) is 3. The van der Waals surface area contributed by atoms with Gasteiger partial charge in [-0.3, -0.25) is 14.7 Å². The summed E-state index contributed by atoms with van der Waals surface area (Å²) in [6.45, 7) is 4.22. The number of rotatable bonds is 6. The number of carboxylic acid groups (broad SMARTS) is 1. The second-order valence-electron chi connectivity index (χ2n) is 8.60. The van der Waals surface area contributed by atoms with Crippen LogP contribution < -0.4 is 10.2 Å². The zero-order valence-electron chi connectivity index (χ0n) is 19.4. The number of ether oxygens (including phenoxy) is 1. The normalized spacial score (nSPS) is 17.3. The predicted molar refractivity (Wildman–Crippen MR) is 134 cm³/mol. The molecule has 2 aromatic carbocycles. The maximum absolute atomic E-state index is 13.4. The lowest BCUT2D eigenvalue weighted by Crippen LogP contribution is -2.35. The standard InChI is InChI=1S/C27H26N4O4/c1-30-23-7-4-20(27(33)34)16-22(23)24(26(30)32)25(19-8-10-28-11-9-19)29-21-5-2-18(3-6-21)17-31-12-14-35-15-13-31/h2-11,16,29H,12-15,17H2,1H3,(H,33,34). The Balaban J connectivity index is 1.53. The van der Waals surface area contributed by atoms with Crippen molar-refractivity contribution in [3.8, 4) is 0 Å². The summed E-state index contributed by atoms with van der Waals surface area (Å²) in [5, 5.41) is 13.0. The van der Waals surface area contributed by atoms with Crippen molar-refractivity contribution in [3.63, 3.8) is 0 Å². The Morgan fingerprint density at radius 3 is 2.43 bits per heavy atom. The minimum atomic E-state index is -1.04. The molecule has 0 unspecified atom stereocenters. The van der Waals surface area contributed by atoms with Crippen LogP contribution in [0.3, 0.4) is 0 Å². The molecule has 8 heteroatoms. The first-order chi connectivity index (χ1) is 17.0. The molecule has 8 nitrogen and oxygen atoms in total. The Labute approximate surface area is 203 Å². The molecule has 5 rings (SSSR count). The quantitative estimate of drug-likeness (QED) is 0.532. The van der Waals surface area contributed by atoms with Crippen molar-refractivity contribution in [2.24, 2.45) is 0 Å². The molecule has 1 fully saturated rings. The summed E-state index contributed by atoms with van der Waals surface area (Å²) in [6, 6.07) is 16.5. The number of amides is 1. The Hall–Kier alpha value is -4.01. The molecule has 1 saturated heterocycles. The van der Waals surface area contributed by atoms with Gasteiger partial charge in [0.15, 0.2) is 0 Å². The van der Waals surface area contributed by atoms with Gasteiger partial charge in [0.1, 0.15) is 0 Å². The molecular weight excluding hydrogens is 444 g/mol. The van der Waals surface area contributed by atoms with E-state index in [0.29, 0.717) is 22.5 Å². The van der Waals surface area contributed by atoms with Crippen molar-refractivity contribution < 1.29 is 19.4 Å². The van der Waals surface area contributed by atoms with E-state index in [1.165, 1.54) is 11.6 Å². The number of hydrogen-bond acceptors (Lipinski definition) is 6. The van der Waals surface area contributed by atoms with E-state index in [1.807, 2.05) is 24.3 Å². The molecule has 1 amide bonds. The number of nitrogens with one attached hydrogen (secondary N) is 1. The van der Waals surface area contributed by atoms with E-state index < -0.39 is 5.97 Å². The van der Waals surface area contributed by atoms with Gasteiger partial charge in [0.2, 0.25) is 0 Å². The Morgan fingerprint density at radius 2 is 1.74 bits per heavy atom. The lowest BCUT2D eigenvalue weighted by molar-refractivity contribution is -0.112. The highest BCUT2D eigenvalue weighted by Crippen LogP contribution is 2.41. The molecule has 0 saturated carbocycles. The highest BCUT2D eigenvalue weighted by atomic mass is 16.5. The number of carbonyl (C=O) groups is 2. The summed E-state index contributed by atoms with van der Waals surface area (Å²) < 4.78 is 5.43. The fraction of sp³-hybridized carbons (Fsp3) is 0.222. The molecule has 2 aliphatic heterocycles. The highest BCUT2D eigenvalue weighted by Gasteiger charge is 2.33. The van der Waals surface area contributed by atoms with Gasteiger partial charge in [0.05, 0.1) is 35.7 Å². The third-order valence-electron chi connectivity index (χ3n) is 6.34. The number of likely N-dealkylation sites (N-methyl/N-ethyl adjacent to an activating group) is 1. The van der Waals surface area contributed by atoms with E-state index in [4.69, 9.17) is 4.74 Å². The van der Waals surface area contributed by atoms with Crippen LogP contribution in [-0.2, 0) is 16.1 Å². The molecule has 3 heterocycles. The lowest BCUT2D eigenvalue weighted by atomic mass is 9.99. The largest absolute Gasteiger partial charge is 0.478 e. The van der Waals surface area contributed by atoms with Crippen LogP contribution in [0.5, 0.6) is 0 Å². The summed E-state index contributed by atoms with van der Waals surface area (Å²) in [4.78, 5) is 33.0. The number of carbonyl (C=O) groups excluding carboxylic acids is 1. The topological polar surface area (TPSA) is 95.0 Å². The maximum atomic E-state index is 13.4. The number of hydrogen-bond donors (Lipinski definition) is 2. The van der Waals surface area contributed by atoms with Crippen molar-refractivity contribution in [1.29, 1.82) is 0 Å². The number of morpholine rings is 1. The maximum Gasteiger partial charge on any atom is 0.335 e. The van der Waals surface area contributed by atoms with Crippen LogP contribution in [0.25, 0.3) is 11.3 Å². The number of benzene rings is 2. The number of anilines is 2. The van der Waals surface area contributed by atoms with Crippen LogP contribution in [0.15, 0.2) is 67.0 Å². The number of aromatic nitrogens is 1. The van der Waals surface area contributed by atoms with E-state index in [9.17, 15) is 14.7 Å². The van der Waals surface area contributed by atoms with Crippen LogP contribution in [-0.4, -0.2) is 60.2 Å². The zero-order chi connectivity index (χ0) is 24.4. The molecule has 3 aromatic rings. The van der Waals surface area contributed by atoms with Crippen LogP contribution in [0.2, 0.25) is 0 Å². The molecule has 0 bridgehead atoms. The Bertz CT molecular complexity index is 1280. The van der Waals surface area contributed by atoms with E-state index in [-0.39, 0.29) is 11.5 Å². The monoisotopic (exact) mass is 470 g/mol. The van der Waals surface area contributed by atoms with Gasteiger partial charge in [-0.05, 0) is 48.0 Å². The minimum Gasteiger partial charge on any atom is -0.478 e. The van der Waals surface area contributed by atoms with E-state index >= 15 is 0 Å². The first kappa shape index (κ1) is 22.8. The predicted octanol–water partition coefficient (Wildman–Crippen LogP) is 3.57. The molecule has 0 radical (unpaired) electrons. The second-order valence-corrected chi connectivity index (χ2v) is 8.60. The third kappa shape index (κ3) is 4.66. The number of aromatic carboxylic acids is 1. The molecule has 35 heavy (non-hydrogen) atoms. The van der Waals surface area contributed by atoms with Crippen LogP contribution in [0, 0.1) is 0 Å². The molecule has 0 atom stereocenters. The summed E-state index contributed by atoms with van der Waals surface area (Å²) in [6.07, 6.45) is 3.33.